The van der Waals surface area contributed by atoms with Crippen LogP contribution in [0.1, 0.15) is 25.3 Å². The molecule has 4 heteroatoms. The molecule has 2 aromatic rings. The molecule has 1 aliphatic heterocycles. The van der Waals surface area contributed by atoms with E-state index in [0.717, 1.165) is 48.9 Å². The topological polar surface area (TPSA) is 19.0 Å². The van der Waals surface area contributed by atoms with Gasteiger partial charge in [0.15, 0.2) is 0 Å². The molecule has 0 amide bonds. The Kier molecular flexibility index (Phi) is 3.81. The van der Waals surface area contributed by atoms with E-state index in [1.807, 2.05) is 6.20 Å². The van der Waals surface area contributed by atoms with Crippen LogP contribution >= 0.6 is 11.6 Å². The number of H-pyrrole nitrogens is 1. The van der Waals surface area contributed by atoms with E-state index in [-0.39, 0.29) is 5.82 Å². The number of rotatable bonds is 3. The molecule has 1 N–H and O–H groups in total. The predicted molar refractivity (Wildman–Crippen MR) is 82.6 cm³/mol. The fraction of sp³-hybridized carbons (Fsp3) is 0.375. The highest BCUT2D eigenvalue weighted by Crippen LogP contribution is 2.32. The zero-order valence-electron chi connectivity index (χ0n) is 11.5. The van der Waals surface area contributed by atoms with E-state index in [1.54, 1.807) is 6.07 Å². The van der Waals surface area contributed by atoms with E-state index < -0.39 is 0 Å². The standard InChI is InChI=1S/C16H18ClFN2/c1-2-5-20-6-3-4-11(10-20)14-9-19-16-13(14)7-12(18)8-15(16)17/h4,7-9,19H,2-3,5-6,10H2,1H3. The van der Waals surface area contributed by atoms with Gasteiger partial charge >= 0.3 is 0 Å². The van der Waals surface area contributed by atoms with Crippen LogP contribution in [0.25, 0.3) is 16.5 Å². The average molecular weight is 293 g/mol. The van der Waals surface area contributed by atoms with E-state index in [2.05, 4.69) is 22.9 Å². The molecule has 0 unspecified atom stereocenters. The first-order valence-electron chi connectivity index (χ1n) is 7.07. The Labute approximate surface area is 123 Å². The van der Waals surface area contributed by atoms with Crippen LogP contribution in [0.4, 0.5) is 4.39 Å². The van der Waals surface area contributed by atoms with Gasteiger partial charge in [-0.05, 0) is 37.1 Å². The minimum atomic E-state index is -0.287. The number of aromatic nitrogens is 1. The lowest BCUT2D eigenvalue weighted by Crippen LogP contribution is -2.30. The van der Waals surface area contributed by atoms with E-state index >= 15 is 0 Å². The molecule has 0 aliphatic carbocycles. The molecule has 0 radical (unpaired) electrons. The molecule has 2 heterocycles. The monoisotopic (exact) mass is 292 g/mol. The summed E-state index contributed by atoms with van der Waals surface area (Å²) in [7, 11) is 0. The molecule has 0 saturated heterocycles. The SMILES string of the molecule is CCCN1CCC=C(c2c[nH]c3c(Cl)cc(F)cc23)C1. The van der Waals surface area contributed by atoms with E-state index in [4.69, 9.17) is 11.6 Å². The van der Waals surface area contributed by atoms with Crippen LogP contribution in [0.15, 0.2) is 24.4 Å². The molecule has 0 saturated carbocycles. The van der Waals surface area contributed by atoms with Gasteiger partial charge in [-0.15, -0.1) is 0 Å². The fourth-order valence-electron chi connectivity index (χ4n) is 2.93. The summed E-state index contributed by atoms with van der Waals surface area (Å²) >= 11 is 6.09. The lowest BCUT2D eigenvalue weighted by atomic mass is 10.0. The summed E-state index contributed by atoms with van der Waals surface area (Å²) in [5.74, 6) is -0.287. The van der Waals surface area contributed by atoms with Crippen molar-refractivity contribution in [1.82, 2.24) is 9.88 Å². The molecular weight excluding hydrogens is 275 g/mol. The Bertz CT molecular complexity index is 660. The average Bonchev–Trinajstić information content (AvgIpc) is 2.83. The second-order valence-corrected chi connectivity index (χ2v) is 5.71. The van der Waals surface area contributed by atoms with Gasteiger partial charge in [0.1, 0.15) is 5.82 Å². The lowest BCUT2D eigenvalue weighted by Gasteiger charge is -2.26. The van der Waals surface area contributed by atoms with Crippen molar-refractivity contribution in [2.24, 2.45) is 0 Å². The second-order valence-electron chi connectivity index (χ2n) is 5.31. The van der Waals surface area contributed by atoms with Crippen molar-refractivity contribution in [3.63, 3.8) is 0 Å². The molecule has 20 heavy (non-hydrogen) atoms. The Morgan fingerprint density at radius 2 is 2.25 bits per heavy atom. The van der Waals surface area contributed by atoms with Gasteiger partial charge in [-0.3, -0.25) is 4.90 Å². The summed E-state index contributed by atoms with van der Waals surface area (Å²) in [5, 5.41) is 1.31. The van der Waals surface area contributed by atoms with Gasteiger partial charge in [-0.2, -0.15) is 0 Å². The van der Waals surface area contributed by atoms with Crippen LogP contribution in [0, 0.1) is 5.82 Å². The smallest absolute Gasteiger partial charge is 0.125 e. The second kappa shape index (κ2) is 5.58. The molecular formula is C16H18ClFN2. The first-order chi connectivity index (χ1) is 9.69. The summed E-state index contributed by atoms with van der Waals surface area (Å²) in [6.07, 6.45) is 6.40. The van der Waals surface area contributed by atoms with E-state index in [9.17, 15) is 4.39 Å². The van der Waals surface area contributed by atoms with Gasteiger partial charge in [0.2, 0.25) is 0 Å². The predicted octanol–water partition coefficient (Wildman–Crippen LogP) is 4.46. The first kappa shape index (κ1) is 13.7. The highest BCUT2D eigenvalue weighted by atomic mass is 35.5. The Hall–Kier alpha value is -1.32. The minimum absolute atomic E-state index is 0.287. The molecule has 1 aliphatic rings. The highest BCUT2D eigenvalue weighted by molar-refractivity contribution is 6.35. The summed E-state index contributed by atoms with van der Waals surface area (Å²) in [5.41, 5.74) is 3.15. The third kappa shape index (κ3) is 2.48. The Morgan fingerprint density at radius 1 is 1.40 bits per heavy atom. The van der Waals surface area contributed by atoms with Gasteiger partial charge in [-0.25, -0.2) is 4.39 Å². The Balaban J connectivity index is 2.00. The van der Waals surface area contributed by atoms with Crippen LogP contribution in [-0.4, -0.2) is 29.5 Å². The molecule has 0 fully saturated rings. The van der Waals surface area contributed by atoms with Crippen molar-refractivity contribution in [3.05, 3.63) is 40.8 Å². The number of fused-ring (bicyclic) bond motifs is 1. The number of nitrogens with zero attached hydrogens (tertiary/aromatic N) is 1. The third-order valence-electron chi connectivity index (χ3n) is 3.82. The van der Waals surface area contributed by atoms with E-state index in [1.165, 1.54) is 11.6 Å². The normalized spacial score (nSPS) is 16.6. The zero-order valence-corrected chi connectivity index (χ0v) is 12.3. The van der Waals surface area contributed by atoms with Crippen LogP contribution in [0.2, 0.25) is 5.02 Å². The van der Waals surface area contributed by atoms with E-state index in [0.29, 0.717) is 5.02 Å². The van der Waals surface area contributed by atoms with Crippen LogP contribution in [-0.2, 0) is 0 Å². The molecule has 0 bridgehead atoms. The van der Waals surface area contributed by atoms with Gasteiger partial charge in [0.25, 0.3) is 0 Å². The quantitative estimate of drug-likeness (QED) is 0.885. The molecule has 1 aromatic heterocycles. The molecule has 0 atom stereocenters. The number of hydrogen-bond donors (Lipinski definition) is 1. The zero-order chi connectivity index (χ0) is 14.1. The lowest BCUT2D eigenvalue weighted by molar-refractivity contribution is 0.305. The highest BCUT2D eigenvalue weighted by Gasteiger charge is 2.17. The van der Waals surface area contributed by atoms with Crippen molar-refractivity contribution in [2.45, 2.75) is 19.8 Å². The summed E-state index contributed by atoms with van der Waals surface area (Å²) in [4.78, 5) is 5.61. The first-order valence-corrected chi connectivity index (χ1v) is 7.44. The third-order valence-corrected chi connectivity index (χ3v) is 4.12. The molecule has 2 nitrogen and oxygen atoms in total. The van der Waals surface area contributed by atoms with Crippen molar-refractivity contribution in [1.29, 1.82) is 0 Å². The van der Waals surface area contributed by atoms with Crippen molar-refractivity contribution in [2.75, 3.05) is 19.6 Å². The number of aromatic amines is 1. The maximum absolute atomic E-state index is 13.6. The number of benzene rings is 1. The van der Waals surface area contributed by atoms with Gasteiger partial charge in [0.05, 0.1) is 10.5 Å². The van der Waals surface area contributed by atoms with Gasteiger partial charge < -0.3 is 4.98 Å². The number of hydrogen-bond acceptors (Lipinski definition) is 1. The molecule has 1 aromatic carbocycles. The number of nitrogens with one attached hydrogen (secondary N) is 1. The maximum Gasteiger partial charge on any atom is 0.125 e. The molecule has 0 spiro atoms. The van der Waals surface area contributed by atoms with Gasteiger partial charge in [-0.1, -0.05) is 24.6 Å². The van der Waals surface area contributed by atoms with Crippen molar-refractivity contribution < 1.29 is 4.39 Å². The van der Waals surface area contributed by atoms with Crippen molar-refractivity contribution in [3.8, 4) is 0 Å². The summed E-state index contributed by atoms with van der Waals surface area (Å²) < 4.78 is 13.6. The summed E-state index contributed by atoms with van der Waals surface area (Å²) in [6, 6.07) is 2.91. The van der Waals surface area contributed by atoms with Crippen LogP contribution in [0.3, 0.4) is 0 Å². The van der Waals surface area contributed by atoms with Crippen LogP contribution in [0.5, 0.6) is 0 Å². The molecule has 3 rings (SSSR count). The largest absolute Gasteiger partial charge is 0.359 e. The molecule has 106 valence electrons. The minimum Gasteiger partial charge on any atom is -0.359 e. The maximum atomic E-state index is 13.6. The Morgan fingerprint density at radius 3 is 3.05 bits per heavy atom. The van der Waals surface area contributed by atoms with Crippen LogP contribution < -0.4 is 0 Å². The fourth-order valence-corrected chi connectivity index (χ4v) is 3.19. The van der Waals surface area contributed by atoms with Crippen molar-refractivity contribution >= 4 is 28.1 Å². The summed E-state index contributed by atoms with van der Waals surface area (Å²) in [6.45, 7) is 5.33. The van der Waals surface area contributed by atoms with Gasteiger partial charge in [0, 0.05) is 30.2 Å². The number of halogens is 2.